The molecule has 0 aliphatic heterocycles. The van der Waals surface area contributed by atoms with Crippen molar-refractivity contribution in [1.29, 1.82) is 0 Å². The Morgan fingerprint density at radius 3 is 2.95 bits per heavy atom. The van der Waals surface area contributed by atoms with E-state index in [0.29, 0.717) is 19.6 Å². The smallest absolute Gasteiger partial charge is 0.248 e. The molecule has 0 saturated heterocycles. The molecular weight excluding hydrogens is 272 g/mol. The molecule has 0 radical (unpaired) electrons. The molecule has 0 N–H and O–H groups in total. The Morgan fingerprint density at radius 2 is 2.20 bits per heavy atom. The summed E-state index contributed by atoms with van der Waals surface area (Å²) in [6.07, 6.45) is 2.43. The maximum atomic E-state index is 11.9. The fraction of sp³-hybridized carbons (Fsp3) is 0.467. The van der Waals surface area contributed by atoms with Crippen molar-refractivity contribution in [2.45, 2.75) is 32.7 Å². The van der Waals surface area contributed by atoms with Crippen LogP contribution in [0, 0.1) is 0 Å². The Morgan fingerprint density at radius 1 is 1.40 bits per heavy atom. The molecule has 0 spiro atoms. The zero-order valence-electron chi connectivity index (χ0n) is 12.0. The number of benzene rings is 1. The van der Waals surface area contributed by atoms with E-state index in [9.17, 15) is 4.79 Å². The third kappa shape index (κ3) is 3.55. The average Bonchev–Trinajstić information content (AvgIpc) is 2.80. The first-order chi connectivity index (χ1) is 9.76. The van der Waals surface area contributed by atoms with E-state index in [1.807, 2.05) is 12.1 Å². The molecule has 2 aromatic rings. The van der Waals surface area contributed by atoms with Crippen molar-refractivity contribution in [2.24, 2.45) is 4.99 Å². The number of carbonyl (C=O) groups excluding carboxylic acids is 1. The topological polar surface area (TPSA) is 43.6 Å². The number of hydrogen-bond acceptors (Lipinski definition) is 3. The molecule has 0 fully saturated rings. The van der Waals surface area contributed by atoms with Crippen LogP contribution < -0.4 is 4.80 Å². The summed E-state index contributed by atoms with van der Waals surface area (Å²) < 4.78 is 8.35. The van der Waals surface area contributed by atoms with Gasteiger partial charge in [0.25, 0.3) is 0 Å². The Balaban J connectivity index is 2.40. The lowest BCUT2D eigenvalue weighted by Crippen LogP contribution is -2.19. The van der Waals surface area contributed by atoms with Gasteiger partial charge in [0.15, 0.2) is 4.80 Å². The summed E-state index contributed by atoms with van der Waals surface area (Å²) in [4.78, 5) is 16.9. The van der Waals surface area contributed by atoms with Crippen molar-refractivity contribution in [1.82, 2.24) is 4.57 Å². The Hall–Kier alpha value is -1.46. The molecule has 0 atom stereocenters. The van der Waals surface area contributed by atoms with Gasteiger partial charge in [-0.1, -0.05) is 36.8 Å². The Bertz CT molecular complexity index is 643. The van der Waals surface area contributed by atoms with Crippen LogP contribution in [0.1, 0.15) is 26.2 Å². The molecule has 108 valence electrons. The molecule has 0 aliphatic carbocycles. The third-order valence-electron chi connectivity index (χ3n) is 3.07. The zero-order valence-corrected chi connectivity index (χ0v) is 12.8. The van der Waals surface area contributed by atoms with Gasteiger partial charge >= 0.3 is 0 Å². The fourth-order valence-corrected chi connectivity index (χ4v) is 3.07. The highest BCUT2D eigenvalue weighted by molar-refractivity contribution is 7.16. The summed E-state index contributed by atoms with van der Waals surface area (Å²) >= 11 is 1.56. The summed E-state index contributed by atoms with van der Waals surface area (Å²) in [5, 5.41) is 0. The summed E-state index contributed by atoms with van der Waals surface area (Å²) in [5.74, 6) is -0.0374. The lowest BCUT2D eigenvalue weighted by molar-refractivity contribution is -0.118. The highest BCUT2D eigenvalue weighted by Crippen LogP contribution is 2.16. The van der Waals surface area contributed by atoms with E-state index < -0.39 is 0 Å². The van der Waals surface area contributed by atoms with Gasteiger partial charge in [-0.2, -0.15) is 4.99 Å². The van der Waals surface area contributed by atoms with Gasteiger partial charge in [-0.05, 0) is 18.6 Å². The second-order valence-electron chi connectivity index (χ2n) is 4.61. The van der Waals surface area contributed by atoms with Crippen LogP contribution in [-0.4, -0.2) is 24.2 Å². The predicted molar refractivity (Wildman–Crippen MR) is 81.8 cm³/mol. The van der Waals surface area contributed by atoms with Crippen LogP contribution in [0.15, 0.2) is 29.3 Å². The molecule has 0 saturated carbocycles. The van der Waals surface area contributed by atoms with E-state index in [2.05, 4.69) is 28.6 Å². The Kier molecular flexibility index (Phi) is 5.49. The lowest BCUT2D eigenvalue weighted by Gasteiger charge is -2.03. The lowest BCUT2D eigenvalue weighted by atomic mass is 10.2. The van der Waals surface area contributed by atoms with E-state index in [1.165, 1.54) is 0 Å². The molecule has 1 aromatic carbocycles. The zero-order chi connectivity index (χ0) is 14.4. The molecule has 4 nitrogen and oxygen atoms in total. The van der Waals surface area contributed by atoms with Gasteiger partial charge < -0.3 is 9.30 Å². The van der Waals surface area contributed by atoms with Crippen molar-refractivity contribution >= 4 is 27.5 Å². The van der Waals surface area contributed by atoms with Crippen LogP contribution in [0.4, 0.5) is 0 Å². The molecule has 1 heterocycles. The van der Waals surface area contributed by atoms with Crippen LogP contribution in [0.2, 0.25) is 0 Å². The number of aromatic nitrogens is 1. The number of fused-ring (bicyclic) bond motifs is 1. The minimum atomic E-state index is -0.0374. The third-order valence-corrected chi connectivity index (χ3v) is 4.13. The molecule has 0 bridgehead atoms. The van der Waals surface area contributed by atoms with Gasteiger partial charge in [-0.3, -0.25) is 4.79 Å². The molecular formula is C15H20N2O2S. The number of nitrogens with zero attached hydrogens (tertiary/aromatic N) is 2. The number of para-hydroxylation sites is 1. The number of rotatable bonds is 6. The summed E-state index contributed by atoms with van der Waals surface area (Å²) in [6.45, 7) is 3.39. The van der Waals surface area contributed by atoms with Crippen molar-refractivity contribution in [3.8, 4) is 0 Å². The molecule has 5 heteroatoms. The van der Waals surface area contributed by atoms with E-state index in [-0.39, 0.29) is 5.91 Å². The minimum Gasteiger partial charge on any atom is -0.383 e. The van der Waals surface area contributed by atoms with Crippen molar-refractivity contribution in [3.05, 3.63) is 29.1 Å². The van der Waals surface area contributed by atoms with Crippen molar-refractivity contribution < 1.29 is 9.53 Å². The predicted octanol–water partition coefficient (Wildman–Crippen LogP) is 2.97. The summed E-state index contributed by atoms with van der Waals surface area (Å²) in [5.41, 5.74) is 1.11. The van der Waals surface area contributed by atoms with Crippen molar-refractivity contribution in [2.75, 3.05) is 13.7 Å². The first-order valence-corrected chi connectivity index (χ1v) is 7.72. The average molecular weight is 292 g/mol. The molecule has 1 aromatic heterocycles. The standard InChI is InChI=1S/C15H20N2O2S/c1-3-4-9-14(18)16-15-17(10-11-19-2)12-7-5-6-8-13(12)20-15/h5-8H,3-4,9-11H2,1-2H3. The van der Waals surface area contributed by atoms with Gasteiger partial charge in [-0.15, -0.1) is 0 Å². The van der Waals surface area contributed by atoms with Gasteiger partial charge in [0, 0.05) is 20.1 Å². The molecule has 0 aliphatic rings. The van der Waals surface area contributed by atoms with Gasteiger partial charge in [0.2, 0.25) is 5.91 Å². The van der Waals surface area contributed by atoms with Crippen LogP contribution >= 0.6 is 11.3 Å². The second kappa shape index (κ2) is 7.36. The van der Waals surface area contributed by atoms with Gasteiger partial charge in [-0.25, -0.2) is 0 Å². The monoisotopic (exact) mass is 292 g/mol. The molecule has 1 amide bonds. The van der Waals surface area contributed by atoms with Crippen LogP contribution in [-0.2, 0) is 16.1 Å². The Labute approximate surface area is 122 Å². The fourth-order valence-electron chi connectivity index (χ4n) is 2.00. The molecule has 0 unspecified atom stereocenters. The maximum absolute atomic E-state index is 11.9. The van der Waals surface area contributed by atoms with Gasteiger partial charge in [0.05, 0.1) is 16.8 Å². The number of unbranched alkanes of at least 4 members (excludes halogenated alkanes) is 1. The second-order valence-corrected chi connectivity index (χ2v) is 5.61. The van der Waals surface area contributed by atoms with E-state index in [1.54, 1.807) is 18.4 Å². The number of ether oxygens (including phenoxy) is 1. The van der Waals surface area contributed by atoms with Crippen molar-refractivity contribution in [3.63, 3.8) is 0 Å². The largest absolute Gasteiger partial charge is 0.383 e. The highest BCUT2D eigenvalue weighted by atomic mass is 32.1. The number of hydrogen-bond donors (Lipinski definition) is 0. The van der Waals surface area contributed by atoms with E-state index in [0.717, 1.165) is 27.9 Å². The van der Waals surface area contributed by atoms with Gasteiger partial charge in [0.1, 0.15) is 0 Å². The maximum Gasteiger partial charge on any atom is 0.248 e. The van der Waals surface area contributed by atoms with Crippen LogP contribution in [0.3, 0.4) is 0 Å². The molecule has 20 heavy (non-hydrogen) atoms. The first kappa shape index (κ1) is 14.9. The number of carbonyl (C=O) groups is 1. The minimum absolute atomic E-state index is 0.0374. The van der Waals surface area contributed by atoms with Crippen LogP contribution in [0.5, 0.6) is 0 Å². The number of amides is 1. The highest BCUT2D eigenvalue weighted by Gasteiger charge is 2.07. The number of thiazole rings is 1. The normalized spacial score (nSPS) is 12.2. The van der Waals surface area contributed by atoms with Crippen LogP contribution in [0.25, 0.3) is 10.2 Å². The van der Waals surface area contributed by atoms with E-state index >= 15 is 0 Å². The number of methoxy groups -OCH3 is 1. The quantitative estimate of drug-likeness (QED) is 0.821. The SMILES string of the molecule is CCCCC(=O)N=c1sc2ccccc2n1CCOC. The first-order valence-electron chi connectivity index (χ1n) is 6.91. The summed E-state index contributed by atoms with van der Waals surface area (Å²) in [7, 11) is 1.68. The summed E-state index contributed by atoms with van der Waals surface area (Å²) in [6, 6.07) is 8.11. The molecule has 2 rings (SSSR count). The van der Waals surface area contributed by atoms with E-state index in [4.69, 9.17) is 4.74 Å².